The second-order valence-electron chi connectivity index (χ2n) is 3.49. The standard InChI is InChI=1S/C11H14F4O2S/c1-3-4-5-6-10(12,9(16)17-2)18-8-7-11(13,14)15/h1H,4-8H2,2H3. The van der Waals surface area contributed by atoms with Crippen molar-refractivity contribution in [1.29, 1.82) is 0 Å². The van der Waals surface area contributed by atoms with Crippen molar-refractivity contribution in [1.82, 2.24) is 0 Å². The summed E-state index contributed by atoms with van der Waals surface area (Å²) in [6.07, 6.45) is -0.346. The molecule has 2 nitrogen and oxygen atoms in total. The quantitative estimate of drug-likeness (QED) is 0.311. The fourth-order valence-electron chi connectivity index (χ4n) is 1.13. The van der Waals surface area contributed by atoms with E-state index in [-0.39, 0.29) is 19.3 Å². The van der Waals surface area contributed by atoms with Gasteiger partial charge in [-0.1, -0.05) is 0 Å². The number of halogens is 4. The van der Waals surface area contributed by atoms with Crippen LogP contribution in [0.15, 0.2) is 0 Å². The van der Waals surface area contributed by atoms with Crippen molar-refractivity contribution in [3.8, 4) is 12.3 Å². The lowest BCUT2D eigenvalue weighted by Gasteiger charge is -2.21. The number of carbonyl (C=O) groups excluding carboxylic acids is 1. The maximum absolute atomic E-state index is 14.1. The molecule has 0 amide bonds. The van der Waals surface area contributed by atoms with Crippen LogP contribution >= 0.6 is 11.8 Å². The van der Waals surface area contributed by atoms with Crippen molar-refractivity contribution in [2.75, 3.05) is 12.9 Å². The Morgan fingerprint density at radius 3 is 2.39 bits per heavy atom. The molecule has 0 saturated carbocycles. The van der Waals surface area contributed by atoms with Gasteiger partial charge in [-0.15, -0.1) is 24.1 Å². The molecular formula is C11H14F4O2S. The highest BCUT2D eigenvalue weighted by Gasteiger charge is 2.41. The van der Waals surface area contributed by atoms with Crippen molar-refractivity contribution in [3.63, 3.8) is 0 Å². The average Bonchev–Trinajstić information content (AvgIpc) is 2.26. The monoisotopic (exact) mass is 286 g/mol. The molecule has 0 aliphatic rings. The number of hydrogen-bond donors (Lipinski definition) is 0. The number of unbranched alkanes of at least 4 members (excludes halogenated alkanes) is 1. The molecule has 0 radical (unpaired) electrons. The van der Waals surface area contributed by atoms with Crippen LogP contribution in [0.4, 0.5) is 17.6 Å². The van der Waals surface area contributed by atoms with Crippen molar-refractivity contribution < 1.29 is 27.1 Å². The van der Waals surface area contributed by atoms with Gasteiger partial charge >= 0.3 is 12.1 Å². The molecule has 0 fully saturated rings. The molecular weight excluding hydrogens is 272 g/mol. The molecule has 0 aromatic carbocycles. The highest BCUT2D eigenvalue weighted by Crippen LogP contribution is 2.36. The van der Waals surface area contributed by atoms with Gasteiger partial charge in [0.2, 0.25) is 0 Å². The molecule has 0 aliphatic heterocycles. The number of carbonyl (C=O) groups is 1. The summed E-state index contributed by atoms with van der Waals surface area (Å²) < 4.78 is 54.2. The average molecular weight is 286 g/mol. The highest BCUT2D eigenvalue weighted by molar-refractivity contribution is 8.01. The molecule has 104 valence electrons. The van der Waals surface area contributed by atoms with Crippen molar-refractivity contribution in [2.45, 2.75) is 36.9 Å². The SMILES string of the molecule is C#CCCCC(F)(SCCC(F)(F)F)C(=O)OC. The van der Waals surface area contributed by atoms with E-state index in [2.05, 4.69) is 10.7 Å². The topological polar surface area (TPSA) is 26.3 Å². The van der Waals surface area contributed by atoms with Gasteiger partial charge in [0.25, 0.3) is 5.00 Å². The first-order valence-electron chi connectivity index (χ1n) is 5.16. The van der Waals surface area contributed by atoms with Gasteiger partial charge in [0.1, 0.15) is 0 Å². The summed E-state index contributed by atoms with van der Waals surface area (Å²) >= 11 is 0.304. The van der Waals surface area contributed by atoms with Crippen LogP contribution in [0.2, 0.25) is 0 Å². The molecule has 0 bridgehead atoms. The smallest absolute Gasteiger partial charge is 0.389 e. The van der Waals surface area contributed by atoms with Crippen LogP contribution < -0.4 is 0 Å². The van der Waals surface area contributed by atoms with E-state index in [1.807, 2.05) is 0 Å². The Kier molecular flexibility index (Phi) is 7.14. The normalized spacial score (nSPS) is 14.7. The first kappa shape index (κ1) is 17.1. The molecule has 18 heavy (non-hydrogen) atoms. The van der Waals surface area contributed by atoms with Crippen LogP contribution in [-0.2, 0) is 9.53 Å². The summed E-state index contributed by atoms with van der Waals surface area (Å²) in [7, 11) is 0.988. The van der Waals surface area contributed by atoms with Gasteiger partial charge in [-0.05, 0) is 6.42 Å². The number of esters is 1. The summed E-state index contributed by atoms with van der Waals surface area (Å²) in [5.41, 5.74) is 0. The Morgan fingerprint density at radius 1 is 1.33 bits per heavy atom. The second kappa shape index (κ2) is 7.52. The summed E-state index contributed by atoms with van der Waals surface area (Å²) in [6.45, 7) is 0. The first-order valence-corrected chi connectivity index (χ1v) is 6.15. The van der Waals surface area contributed by atoms with Crippen LogP contribution in [0.3, 0.4) is 0 Å². The molecule has 0 aromatic rings. The first-order chi connectivity index (χ1) is 8.25. The largest absolute Gasteiger partial charge is 0.466 e. The van der Waals surface area contributed by atoms with Crippen LogP contribution in [0.1, 0.15) is 25.7 Å². The summed E-state index contributed by atoms with van der Waals surface area (Å²) in [6, 6.07) is 0. The van der Waals surface area contributed by atoms with Crippen LogP contribution in [0.25, 0.3) is 0 Å². The Morgan fingerprint density at radius 2 is 1.94 bits per heavy atom. The van der Waals surface area contributed by atoms with Gasteiger partial charge < -0.3 is 4.74 Å². The lowest BCUT2D eigenvalue weighted by atomic mass is 10.1. The zero-order valence-corrected chi connectivity index (χ0v) is 10.7. The lowest BCUT2D eigenvalue weighted by molar-refractivity contribution is -0.149. The Bertz CT molecular complexity index is 311. The van der Waals surface area contributed by atoms with E-state index in [9.17, 15) is 22.4 Å². The third-order valence-corrected chi connectivity index (χ3v) is 3.26. The molecule has 0 spiro atoms. The summed E-state index contributed by atoms with van der Waals surface area (Å²) in [5.74, 6) is 0.559. The predicted molar refractivity (Wildman–Crippen MR) is 61.7 cm³/mol. The molecule has 0 N–H and O–H groups in total. The number of rotatable bonds is 7. The van der Waals surface area contributed by atoms with Gasteiger partial charge in [-0.3, -0.25) is 0 Å². The highest BCUT2D eigenvalue weighted by atomic mass is 32.2. The molecule has 1 unspecified atom stereocenters. The fraction of sp³-hybridized carbons (Fsp3) is 0.727. The van der Waals surface area contributed by atoms with Gasteiger partial charge in [0.05, 0.1) is 13.5 Å². The molecule has 0 rings (SSSR count). The Balaban J connectivity index is 4.39. The van der Waals surface area contributed by atoms with E-state index in [1.165, 1.54) is 0 Å². The van der Waals surface area contributed by atoms with Crippen LogP contribution in [0, 0.1) is 12.3 Å². The van der Waals surface area contributed by atoms with E-state index in [0.29, 0.717) is 11.8 Å². The minimum atomic E-state index is -4.37. The third kappa shape index (κ3) is 6.74. The molecule has 0 saturated heterocycles. The minimum Gasteiger partial charge on any atom is -0.466 e. The summed E-state index contributed by atoms with van der Waals surface area (Å²) in [5, 5.41) is -2.46. The molecule has 0 heterocycles. The van der Waals surface area contributed by atoms with Gasteiger partial charge in [-0.25, -0.2) is 9.18 Å². The maximum Gasteiger partial charge on any atom is 0.389 e. The fourth-order valence-corrected chi connectivity index (χ4v) is 2.28. The number of alkyl halides is 4. The number of methoxy groups -OCH3 is 1. The minimum absolute atomic E-state index is 0.209. The van der Waals surface area contributed by atoms with E-state index in [1.54, 1.807) is 0 Å². The molecule has 0 aromatic heterocycles. The van der Waals surface area contributed by atoms with Gasteiger partial charge in [0, 0.05) is 18.6 Å². The molecule has 7 heteroatoms. The Hall–Kier alpha value is -0.900. The van der Waals surface area contributed by atoms with E-state index in [4.69, 9.17) is 6.42 Å². The second-order valence-corrected chi connectivity index (χ2v) is 4.84. The van der Waals surface area contributed by atoms with Gasteiger partial charge in [0.15, 0.2) is 0 Å². The number of terminal acetylenes is 1. The van der Waals surface area contributed by atoms with E-state index < -0.39 is 29.3 Å². The third-order valence-electron chi connectivity index (χ3n) is 2.03. The number of thioether (sulfide) groups is 1. The summed E-state index contributed by atoms with van der Waals surface area (Å²) in [4.78, 5) is 11.2. The number of ether oxygens (including phenoxy) is 1. The van der Waals surface area contributed by atoms with Crippen molar-refractivity contribution >= 4 is 17.7 Å². The molecule has 0 aliphatic carbocycles. The zero-order chi connectivity index (χ0) is 14.2. The number of hydrogen-bond acceptors (Lipinski definition) is 3. The van der Waals surface area contributed by atoms with Crippen LogP contribution in [0.5, 0.6) is 0 Å². The Labute approximate surface area is 107 Å². The van der Waals surface area contributed by atoms with E-state index >= 15 is 0 Å². The zero-order valence-electron chi connectivity index (χ0n) is 9.85. The maximum atomic E-state index is 14.1. The van der Waals surface area contributed by atoms with Gasteiger partial charge in [-0.2, -0.15) is 13.2 Å². The van der Waals surface area contributed by atoms with Crippen molar-refractivity contribution in [3.05, 3.63) is 0 Å². The van der Waals surface area contributed by atoms with Crippen LogP contribution in [-0.4, -0.2) is 30.0 Å². The molecule has 1 atom stereocenters. The predicted octanol–water partition coefficient (Wildman–Crippen LogP) is 3.31. The lowest BCUT2D eigenvalue weighted by Crippen LogP contribution is -2.32. The van der Waals surface area contributed by atoms with E-state index in [0.717, 1.165) is 7.11 Å². The van der Waals surface area contributed by atoms with Crippen molar-refractivity contribution in [2.24, 2.45) is 0 Å².